The molecule has 0 N–H and O–H groups in total. The van der Waals surface area contributed by atoms with Crippen molar-refractivity contribution in [2.45, 2.75) is 12.4 Å². The summed E-state index contributed by atoms with van der Waals surface area (Å²) in [6.45, 7) is 0.682. The van der Waals surface area contributed by atoms with Gasteiger partial charge in [-0.25, -0.2) is 4.98 Å². The smallest absolute Gasteiger partial charge is 0.125 e. The third-order valence-corrected chi connectivity index (χ3v) is 3.69. The molecule has 0 aliphatic carbocycles. The van der Waals surface area contributed by atoms with Crippen LogP contribution in [0.2, 0.25) is 0 Å². The molecule has 2 heterocycles. The third-order valence-electron chi connectivity index (χ3n) is 2.96. The molecule has 0 radical (unpaired) electrons. The molecule has 3 nitrogen and oxygen atoms in total. The van der Waals surface area contributed by atoms with Gasteiger partial charge in [0.2, 0.25) is 0 Å². The number of hydrogen-bond acceptors (Lipinski definition) is 2. The summed E-state index contributed by atoms with van der Waals surface area (Å²) in [5.74, 6) is 1.25. The average Bonchev–Trinajstić information content (AvgIpc) is 2.77. The zero-order chi connectivity index (χ0) is 13.2. The Labute approximate surface area is 124 Å². The topological polar surface area (TPSA) is 30.7 Å². The lowest BCUT2D eigenvalue weighted by Crippen LogP contribution is -2.05. The van der Waals surface area contributed by atoms with Gasteiger partial charge in [0, 0.05) is 10.7 Å². The van der Waals surface area contributed by atoms with Crippen LogP contribution < -0.4 is 0 Å². The summed E-state index contributed by atoms with van der Waals surface area (Å²) in [6, 6.07) is 12.0. The molecule has 19 heavy (non-hydrogen) atoms. The van der Waals surface area contributed by atoms with Gasteiger partial charge in [-0.1, -0.05) is 22.0 Å². The molecule has 0 aliphatic heterocycles. The number of aromatic nitrogens is 3. The minimum Gasteiger partial charge on any atom is -0.321 e. The van der Waals surface area contributed by atoms with Gasteiger partial charge in [0.05, 0.1) is 29.2 Å². The molecule has 3 aromatic rings. The first-order valence-corrected chi connectivity index (χ1v) is 7.21. The Bertz CT molecular complexity index is 709. The molecule has 3 rings (SSSR count). The van der Waals surface area contributed by atoms with Crippen molar-refractivity contribution in [3.8, 4) is 0 Å². The van der Waals surface area contributed by atoms with Gasteiger partial charge in [0.25, 0.3) is 0 Å². The van der Waals surface area contributed by atoms with E-state index in [9.17, 15) is 0 Å². The maximum atomic E-state index is 5.99. The average molecular weight is 337 g/mol. The van der Waals surface area contributed by atoms with E-state index in [4.69, 9.17) is 11.6 Å². The van der Waals surface area contributed by atoms with Gasteiger partial charge in [-0.2, -0.15) is 0 Å². The molecule has 96 valence electrons. The van der Waals surface area contributed by atoms with Crippen LogP contribution in [0.15, 0.2) is 47.1 Å². The molecule has 1 aromatic carbocycles. The predicted octanol–water partition coefficient (Wildman–Crippen LogP) is 3.98. The summed E-state index contributed by atoms with van der Waals surface area (Å²) in [4.78, 5) is 8.91. The Morgan fingerprint density at radius 3 is 2.84 bits per heavy atom. The molecule has 0 spiro atoms. The van der Waals surface area contributed by atoms with Crippen LogP contribution in [0.5, 0.6) is 0 Å². The number of hydrogen-bond donors (Lipinski definition) is 0. The molecule has 2 aromatic heterocycles. The van der Waals surface area contributed by atoms with Crippen LogP contribution in [-0.2, 0) is 12.4 Å². The Morgan fingerprint density at radius 1 is 1.21 bits per heavy atom. The van der Waals surface area contributed by atoms with E-state index in [1.807, 2.05) is 36.4 Å². The van der Waals surface area contributed by atoms with Crippen LogP contribution >= 0.6 is 27.5 Å². The second-order valence-electron chi connectivity index (χ2n) is 4.20. The lowest BCUT2D eigenvalue weighted by molar-refractivity contribution is 0.758. The second-order valence-corrected chi connectivity index (χ2v) is 5.38. The summed E-state index contributed by atoms with van der Waals surface area (Å²) >= 11 is 9.45. The highest BCUT2D eigenvalue weighted by atomic mass is 79.9. The van der Waals surface area contributed by atoms with E-state index in [0.717, 1.165) is 27.0 Å². The van der Waals surface area contributed by atoms with E-state index in [1.165, 1.54) is 0 Å². The van der Waals surface area contributed by atoms with Crippen molar-refractivity contribution in [1.82, 2.24) is 14.5 Å². The molecule has 5 heteroatoms. The Kier molecular flexibility index (Phi) is 3.53. The summed E-state index contributed by atoms with van der Waals surface area (Å²) in [7, 11) is 0. The van der Waals surface area contributed by atoms with Crippen molar-refractivity contribution in [2.24, 2.45) is 0 Å². The highest BCUT2D eigenvalue weighted by molar-refractivity contribution is 9.10. The van der Waals surface area contributed by atoms with Crippen molar-refractivity contribution >= 4 is 38.6 Å². The van der Waals surface area contributed by atoms with Gasteiger partial charge in [0.1, 0.15) is 5.82 Å². The van der Waals surface area contributed by atoms with Gasteiger partial charge in [-0.15, -0.1) is 11.6 Å². The fourth-order valence-electron chi connectivity index (χ4n) is 2.08. The second kappa shape index (κ2) is 5.31. The van der Waals surface area contributed by atoms with E-state index in [0.29, 0.717) is 12.4 Å². The van der Waals surface area contributed by atoms with Crippen molar-refractivity contribution in [3.63, 3.8) is 0 Å². The van der Waals surface area contributed by atoms with E-state index in [-0.39, 0.29) is 0 Å². The standard InChI is InChI=1S/C14H11BrClN3/c15-10-4-5-13-12(7-10)18-14(8-16)19(13)9-11-3-1-2-6-17-11/h1-7H,8-9H2. The van der Waals surface area contributed by atoms with E-state index in [1.54, 1.807) is 6.20 Å². The molecule has 0 aliphatic rings. The molecule has 0 amide bonds. The quantitative estimate of drug-likeness (QED) is 0.677. The third kappa shape index (κ3) is 2.51. The first kappa shape index (κ1) is 12.6. The molecule has 0 saturated heterocycles. The zero-order valence-corrected chi connectivity index (χ0v) is 12.4. The maximum absolute atomic E-state index is 5.99. The minimum atomic E-state index is 0.388. The Hall–Kier alpha value is -1.39. The van der Waals surface area contributed by atoms with E-state index in [2.05, 4.69) is 30.5 Å². The number of rotatable bonds is 3. The summed E-state index contributed by atoms with van der Waals surface area (Å²) in [5, 5.41) is 0. The van der Waals surface area contributed by atoms with Gasteiger partial charge in [-0.3, -0.25) is 4.98 Å². The van der Waals surface area contributed by atoms with Gasteiger partial charge >= 0.3 is 0 Å². The molecule has 0 atom stereocenters. The monoisotopic (exact) mass is 335 g/mol. The largest absolute Gasteiger partial charge is 0.321 e. The molecule has 0 saturated carbocycles. The summed E-state index contributed by atoms with van der Waals surface area (Å²) in [6.07, 6.45) is 1.80. The zero-order valence-electron chi connectivity index (χ0n) is 10.1. The number of alkyl halides is 1. The number of pyridine rings is 1. The predicted molar refractivity (Wildman–Crippen MR) is 80.3 cm³/mol. The van der Waals surface area contributed by atoms with Crippen molar-refractivity contribution < 1.29 is 0 Å². The van der Waals surface area contributed by atoms with Crippen molar-refractivity contribution in [1.29, 1.82) is 0 Å². The van der Waals surface area contributed by atoms with Crippen LogP contribution in [0, 0.1) is 0 Å². The first-order valence-electron chi connectivity index (χ1n) is 5.88. The van der Waals surface area contributed by atoms with E-state index >= 15 is 0 Å². The first-order chi connectivity index (χ1) is 9.28. The minimum absolute atomic E-state index is 0.388. The van der Waals surface area contributed by atoms with Crippen molar-refractivity contribution in [2.75, 3.05) is 0 Å². The van der Waals surface area contributed by atoms with Gasteiger partial charge < -0.3 is 4.57 Å². The number of nitrogens with zero attached hydrogens (tertiary/aromatic N) is 3. The molecule has 0 fully saturated rings. The fourth-order valence-corrected chi connectivity index (χ4v) is 2.64. The van der Waals surface area contributed by atoms with Gasteiger partial charge in [0.15, 0.2) is 0 Å². The molecular formula is C14H11BrClN3. The maximum Gasteiger partial charge on any atom is 0.125 e. The summed E-state index contributed by atoms with van der Waals surface area (Å²) in [5.41, 5.74) is 3.02. The molecule has 0 unspecified atom stereocenters. The lowest BCUT2D eigenvalue weighted by Gasteiger charge is -2.07. The highest BCUT2D eigenvalue weighted by Crippen LogP contribution is 2.22. The highest BCUT2D eigenvalue weighted by Gasteiger charge is 2.10. The van der Waals surface area contributed by atoms with Crippen LogP contribution in [0.3, 0.4) is 0 Å². The number of halogens is 2. The Balaban J connectivity index is 2.11. The van der Waals surface area contributed by atoms with Crippen LogP contribution in [0.4, 0.5) is 0 Å². The number of fused-ring (bicyclic) bond motifs is 1. The SMILES string of the molecule is ClCc1nc2cc(Br)ccc2n1Cc1ccccn1. The van der Waals surface area contributed by atoms with Crippen LogP contribution in [-0.4, -0.2) is 14.5 Å². The lowest BCUT2D eigenvalue weighted by atomic mass is 10.3. The fraction of sp³-hybridized carbons (Fsp3) is 0.143. The normalized spacial score (nSPS) is 11.1. The number of benzene rings is 1. The van der Waals surface area contributed by atoms with Gasteiger partial charge in [-0.05, 0) is 30.3 Å². The Morgan fingerprint density at radius 2 is 2.11 bits per heavy atom. The molecular weight excluding hydrogens is 326 g/mol. The summed E-state index contributed by atoms with van der Waals surface area (Å²) < 4.78 is 3.13. The van der Waals surface area contributed by atoms with Crippen LogP contribution in [0.25, 0.3) is 11.0 Å². The van der Waals surface area contributed by atoms with Crippen molar-refractivity contribution in [3.05, 3.63) is 58.6 Å². The van der Waals surface area contributed by atoms with Crippen LogP contribution in [0.1, 0.15) is 11.5 Å². The molecule has 0 bridgehead atoms. The van der Waals surface area contributed by atoms with E-state index < -0.39 is 0 Å². The number of imidazole rings is 1.